The predicted octanol–water partition coefficient (Wildman–Crippen LogP) is 1.35. The van der Waals surface area contributed by atoms with Crippen LogP contribution in [0.1, 0.15) is 33.1 Å². The second-order valence-corrected chi connectivity index (χ2v) is 4.04. The van der Waals surface area contributed by atoms with E-state index in [0.717, 1.165) is 32.4 Å². The topological polar surface area (TPSA) is 49.8 Å². The summed E-state index contributed by atoms with van der Waals surface area (Å²) in [5.41, 5.74) is 0. The van der Waals surface area contributed by atoms with Crippen LogP contribution in [-0.2, 0) is 9.53 Å². The van der Waals surface area contributed by atoms with E-state index in [1.807, 2.05) is 11.8 Å². The molecule has 1 heterocycles. The van der Waals surface area contributed by atoms with E-state index in [-0.39, 0.29) is 6.54 Å². The monoisotopic (exact) mass is 215 g/mol. The van der Waals surface area contributed by atoms with Gasteiger partial charge in [0.05, 0.1) is 12.6 Å². The van der Waals surface area contributed by atoms with Crippen LogP contribution >= 0.6 is 0 Å². The number of carbonyl (C=O) groups is 1. The number of rotatable bonds is 5. The number of carboxylic acids is 1. The molecule has 4 heteroatoms. The molecular weight excluding hydrogens is 194 g/mol. The van der Waals surface area contributed by atoms with Crippen LogP contribution in [0.15, 0.2) is 0 Å². The summed E-state index contributed by atoms with van der Waals surface area (Å²) in [6.07, 6.45) is 3.25. The Morgan fingerprint density at radius 2 is 2.27 bits per heavy atom. The van der Waals surface area contributed by atoms with Crippen molar-refractivity contribution < 1.29 is 14.6 Å². The Labute approximate surface area is 91.2 Å². The average Bonchev–Trinajstić information content (AvgIpc) is 2.25. The van der Waals surface area contributed by atoms with Gasteiger partial charge in [0, 0.05) is 12.6 Å². The Bertz CT molecular complexity index is 208. The van der Waals surface area contributed by atoms with E-state index >= 15 is 0 Å². The van der Waals surface area contributed by atoms with Crippen molar-refractivity contribution in [2.75, 3.05) is 19.7 Å². The highest BCUT2D eigenvalue weighted by Gasteiger charge is 2.26. The van der Waals surface area contributed by atoms with Crippen LogP contribution in [0.4, 0.5) is 0 Å². The smallest absolute Gasteiger partial charge is 0.317 e. The fraction of sp³-hybridized carbons (Fsp3) is 0.909. The molecule has 0 aromatic rings. The van der Waals surface area contributed by atoms with Crippen molar-refractivity contribution in [2.45, 2.75) is 45.3 Å². The first-order valence-electron chi connectivity index (χ1n) is 5.74. The summed E-state index contributed by atoms with van der Waals surface area (Å²) in [5, 5.41) is 8.80. The van der Waals surface area contributed by atoms with Crippen molar-refractivity contribution in [3.63, 3.8) is 0 Å². The zero-order chi connectivity index (χ0) is 11.3. The maximum atomic E-state index is 10.7. The molecule has 15 heavy (non-hydrogen) atoms. The highest BCUT2D eigenvalue weighted by molar-refractivity contribution is 5.69. The number of nitrogens with zero attached hydrogens (tertiary/aromatic N) is 1. The Morgan fingerprint density at radius 3 is 2.80 bits per heavy atom. The van der Waals surface area contributed by atoms with Crippen LogP contribution in [0.25, 0.3) is 0 Å². The quantitative estimate of drug-likeness (QED) is 0.752. The molecule has 1 aliphatic rings. The normalized spacial score (nSPS) is 26.9. The van der Waals surface area contributed by atoms with Gasteiger partial charge in [0.25, 0.3) is 0 Å². The summed E-state index contributed by atoms with van der Waals surface area (Å²) in [6, 6.07) is 0.379. The van der Waals surface area contributed by atoms with E-state index in [1.165, 1.54) is 0 Å². The molecule has 1 N–H and O–H groups in total. The van der Waals surface area contributed by atoms with Gasteiger partial charge in [-0.15, -0.1) is 0 Å². The summed E-state index contributed by atoms with van der Waals surface area (Å²) in [6.45, 7) is 5.84. The molecule has 2 unspecified atom stereocenters. The van der Waals surface area contributed by atoms with Crippen LogP contribution in [0, 0.1) is 0 Å². The maximum absolute atomic E-state index is 10.7. The van der Waals surface area contributed by atoms with Crippen LogP contribution in [-0.4, -0.2) is 47.8 Å². The first kappa shape index (κ1) is 12.5. The zero-order valence-electron chi connectivity index (χ0n) is 9.61. The number of ether oxygens (including phenoxy) is 1. The SMILES string of the molecule is CCC1CC(N(CC)CC(=O)O)CCO1. The van der Waals surface area contributed by atoms with Gasteiger partial charge in [-0.05, 0) is 25.8 Å². The minimum Gasteiger partial charge on any atom is -0.480 e. The number of likely N-dealkylation sites (N-methyl/N-ethyl adjacent to an activating group) is 1. The summed E-state index contributed by atoms with van der Waals surface area (Å²) in [7, 11) is 0. The molecule has 0 saturated carbocycles. The second-order valence-electron chi connectivity index (χ2n) is 4.04. The summed E-state index contributed by atoms with van der Waals surface area (Å²) in [4.78, 5) is 12.7. The highest BCUT2D eigenvalue weighted by Crippen LogP contribution is 2.20. The fourth-order valence-electron chi connectivity index (χ4n) is 2.15. The van der Waals surface area contributed by atoms with Crippen LogP contribution < -0.4 is 0 Å². The first-order chi connectivity index (χ1) is 7.17. The Hall–Kier alpha value is -0.610. The molecule has 0 spiro atoms. The van der Waals surface area contributed by atoms with Gasteiger partial charge in [0.2, 0.25) is 0 Å². The molecule has 4 nitrogen and oxygen atoms in total. The van der Waals surface area contributed by atoms with Gasteiger partial charge in [-0.3, -0.25) is 9.69 Å². The van der Waals surface area contributed by atoms with Crippen LogP contribution in [0.2, 0.25) is 0 Å². The molecule has 0 aromatic heterocycles. The van der Waals surface area contributed by atoms with E-state index < -0.39 is 5.97 Å². The third-order valence-electron chi connectivity index (χ3n) is 3.06. The molecule has 0 radical (unpaired) electrons. The number of aliphatic carboxylic acids is 1. The van der Waals surface area contributed by atoms with Crippen molar-refractivity contribution in [1.29, 1.82) is 0 Å². The van der Waals surface area contributed by atoms with Crippen LogP contribution in [0.5, 0.6) is 0 Å². The summed E-state index contributed by atoms with van der Waals surface area (Å²) in [5.74, 6) is -0.739. The largest absolute Gasteiger partial charge is 0.480 e. The summed E-state index contributed by atoms with van der Waals surface area (Å²) < 4.78 is 5.58. The molecule has 0 aliphatic carbocycles. The van der Waals surface area contributed by atoms with Crippen LogP contribution in [0.3, 0.4) is 0 Å². The molecule has 1 rings (SSSR count). The Morgan fingerprint density at radius 1 is 1.53 bits per heavy atom. The van der Waals surface area contributed by atoms with Gasteiger partial charge in [0.15, 0.2) is 0 Å². The van der Waals surface area contributed by atoms with Crippen molar-refractivity contribution in [3.8, 4) is 0 Å². The third-order valence-corrected chi connectivity index (χ3v) is 3.06. The molecule has 88 valence electrons. The zero-order valence-corrected chi connectivity index (χ0v) is 9.61. The maximum Gasteiger partial charge on any atom is 0.317 e. The van der Waals surface area contributed by atoms with Gasteiger partial charge in [-0.2, -0.15) is 0 Å². The van der Waals surface area contributed by atoms with Gasteiger partial charge in [-0.1, -0.05) is 13.8 Å². The lowest BCUT2D eigenvalue weighted by Crippen LogP contribution is -2.44. The molecule has 0 aromatic carbocycles. The van der Waals surface area contributed by atoms with E-state index in [2.05, 4.69) is 6.92 Å². The highest BCUT2D eigenvalue weighted by atomic mass is 16.5. The van der Waals surface area contributed by atoms with E-state index in [0.29, 0.717) is 12.1 Å². The van der Waals surface area contributed by atoms with Crippen molar-refractivity contribution >= 4 is 5.97 Å². The third kappa shape index (κ3) is 3.80. The lowest BCUT2D eigenvalue weighted by atomic mass is 10.00. The van der Waals surface area contributed by atoms with Crippen molar-refractivity contribution in [3.05, 3.63) is 0 Å². The number of hydrogen-bond acceptors (Lipinski definition) is 3. The minimum absolute atomic E-state index is 0.150. The van der Waals surface area contributed by atoms with E-state index in [9.17, 15) is 4.79 Å². The lowest BCUT2D eigenvalue weighted by molar-refractivity contribution is -0.139. The summed E-state index contributed by atoms with van der Waals surface area (Å²) >= 11 is 0. The Balaban J connectivity index is 2.47. The second kappa shape index (κ2) is 6.08. The number of carboxylic acid groups (broad SMARTS) is 1. The average molecular weight is 215 g/mol. The predicted molar refractivity (Wildman–Crippen MR) is 57.9 cm³/mol. The molecule has 1 saturated heterocycles. The first-order valence-corrected chi connectivity index (χ1v) is 5.74. The van der Waals surface area contributed by atoms with Gasteiger partial charge >= 0.3 is 5.97 Å². The molecule has 2 atom stereocenters. The molecule has 0 amide bonds. The standard InChI is InChI=1S/C11H21NO3/c1-3-10-7-9(5-6-15-10)12(4-2)8-11(13)14/h9-10H,3-8H2,1-2H3,(H,13,14). The van der Waals surface area contributed by atoms with E-state index in [1.54, 1.807) is 0 Å². The minimum atomic E-state index is -0.739. The van der Waals surface area contributed by atoms with Crippen molar-refractivity contribution in [2.24, 2.45) is 0 Å². The van der Waals surface area contributed by atoms with Gasteiger partial charge in [0.1, 0.15) is 0 Å². The lowest BCUT2D eigenvalue weighted by Gasteiger charge is -2.36. The number of hydrogen-bond donors (Lipinski definition) is 1. The molecular formula is C11H21NO3. The molecule has 0 bridgehead atoms. The molecule has 1 aliphatic heterocycles. The van der Waals surface area contributed by atoms with Crippen molar-refractivity contribution in [1.82, 2.24) is 4.90 Å². The fourth-order valence-corrected chi connectivity index (χ4v) is 2.15. The van der Waals surface area contributed by atoms with Gasteiger partial charge in [-0.25, -0.2) is 0 Å². The van der Waals surface area contributed by atoms with Gasteiger partial charge < -0.3 is 9.84 Å². The van der Waals surface area contributed by atoms with E-state index in [4.69, 9.17) is 9.84 Å². The Kier molecular flexibility index (Phi) is 5.05. The molecule has 1 fully saturated rings.